The zero-order valence-electron chi connectivity index (χ0n) is 18.7. The highest BCUT2D eigenvalue weighted by Crippen LogP contribution is 2.65. The molecule has 3 fully saturated rings. The summed E-state index contributed by atoms with van der Waals surface area (Å²) in [6.07, 6.45) is 12.4. The van der Waals surface area contributed by atoms with E-state index in [1.807, 2.05) is 13.8 Å². The van der Waals surface area contributed by atoms with E-state index in [0.717, 1.165) is 38.0 Å². The van der Waals surface area contributed by atoms with Gasteiger partial charge in [-0.2, -0.15) is 0 Å². The molecule has 0 aromatic rings. The maximum atomic E-state index is 12.0. The minimum absolute atomic E-state index is 0.0275. The van der Waals surface area contributed by atoms with Crippen LogP contribution in [-0.2, 0) is 19.1 Å². The predicted octanol–water partition coefficient (Wildman–Crippen LogP) is 5.59. The topological polar surface area (TPSA) is 52.6 Å². The number of fused-ring (bicyclic) bond motifs is 5. The first kappa shape index (κ1) is 20.9. The molecule has 0 radical (unpaired) electrons. The van der Waals surface area contributed by atoms with Gasteiger partial charge in [0.2, 0.25) is 0 Å². The van der Waals surface area contributed by atoms with E-state index >= 15 is 0 Å². The van der Waals surface area contributed by atoms with Gasteiger partial charge in [0.25, 0.3) is 0 Å². The molecule has 3 saturated carbocycles. The molecule has 0 heterocycles. The van der Waals surface area contributed by atoms with Gasteiger partial charge in [-0.15, -0.1) is 0 Å². The molecule has 0 N–H and O–H groups in total. The Bertz CT molecular complexity index is 697. The third kappa shape index (κ3) is 3.45. The number of carbonyl (C=O) groups excluding carboxylic acids is 2. The Kier molecular flexibility index (Phi) is 5.59. The Balaban J connectivity index is 1.52. The van der Waals surface area contributed by atoms with E-state index in [1.54, 1.807) is 0 Å². The molecule has 4 aliphatic carbocycles. The van der Waals surface area contributed by atoms with Crippen molar-refractivity contribution in [3.63, 3.8) is 0 Å². The first-order valence-corrected chi connectivity index (χ1v) is 11.9. The molecule has 0 unspecified atom stereocenters. The van der Waals surface area contributed by atoms with Gasteiger partial charge in [0.05, 0.1) is 0 Å². The Labute approximate surface area is 175 Å². The second-order valence-corrected chi connectivity index (χ2v) is 10.4. The number of rotatable bonds is 4. The number of allylic oxidation sites excluding steroid dienone is 1. The van der Waals surface area contributed by atoms with Crippen LogP contribution in [0.2, 0.25) is 0 Å². The van der Waals surface area contributed by atoms with Crippen LogP contribution in [0.5, 0.6) is 0 Å². The van der Waals surface area contributed by atoms with E-state index in [9.17, 15) is 9.59 Å². The van der Waals surface area contributed by atoms with Crippen molar-refractivity contribution in [2.45, 2.75) is 104 Å². The minimum atomic E-state index is -0.0869. The summed E-state index contributed by atoms with van der Waals surface area (Å²) < 4.78 is 11.6. The van der Waals surface area contributed by atoms with Gasteiger partial charge in [-0.1, -0.05) is 33.3 Å². The van der Waals surface area contributed by atoms with Crippen molar-refractivity contribution in [2.24, 2.45) is 28.6 Å². The van der Waals surface area contributed by atoms with E-state index in [1.165, 1.54) is 24.8 Å². The van der Waals surface area contributed by atoms with Crippen molar-refractivity contribution < 1.29 is 19.1 Å². The predicted molar refractivity (Wildman–Crippen MR) is 112 cm³/mol. The third-order valence-corrected chi connectivity index (χ3v) is 9.12. The lowest BCUT2D eigenvalue weighted by atomic mass is 9.47. The van der Waals surface area contributed by atoms with Crippen LogP contribution in [0, 0.1) is 28.6 Å². The van der Waals surface area contributed by atoms with Crippen LogP contribution in [0.4, 0.5) is 0 Å². The molecule has 4 aliphatic rings. The normalized spacial score (nSPS) is 43.4. The van der Waals surface area contributed by atoms with Crippen LogP contribution in [0.25, 0.3) is 0 Å². The average molecular weight is 403 g/mol. The molecule has 0 saturated heterocycles. The van der Waals surface area contributed by atoms with E-state index in [2.05, 4.69) is 19.9 Å². The number of esters is 2. The molecule has 0 aliphatic heterocycles. The molecule has 0 aromatic carbocycles. The summed E-state index contributed by atoms with van der Waals surface area (Å²) in [4.78, 5) is 23.7. The zero-order valence-corrected chi connectivity index (χ0v) is 18.7. The molecular formula is C25H38O4. The number of carbonyl (C=O) groups is 2. The SMILES string of the molecule is CCC(=O)O[C@@H]1C=C2CC[C@H]3[C@@H]4CC[C@H](OC(=O)CC)[C@]4(C)CC[C@@H]3[C@]2(C)CC1. The largest absolute Gasteiger partial charge is 0.462 e. The molecule has 4 nitrogen and oxygen atoms in total. The smallest absolute Gasteiger partial charge is 0.306 e. The summed E-state index contributed by atoms with van der Waals surface area (Å²) in [5.74, 6) is 1.99. The first-order valence-electron chi connectivity index (χ1n) is 11.9. The van der Waals surface area contributed by atoms with Crippen LogP contribution in [0.3, 0.4) is 0 Å². The average Bonchev–Trinajstić information content (AvgIpc) is 3.04. The zero-order chi connectivity index (χ0) is 20.8. The highest BCUT2D eigenvalue weighted by Gasteiger charge is 2.60. The molecule has 7 atom stereocenters. The third-order valence-electron chi connectivity index (χ3n) is 9.12. The Morgan fingerprint density at radius 2 is 1.66 bits per heavy atom. The fraction of sp³-hybridized carbons (Fsp3) is 0.840. The standard InChI is InChI=1S/C25H38O4/c1-5-22(26)28-17-11-13-24(3)16(15-17)7-8-18-19-9-10-21(29-23(27)6-2)25(19,4)14-12-20(18)24/h15,17-21H,5-14H2,1-4H3/t17-,18-,19-,20-,21-,24+,25+/m0/s1. The van der Waals surface area contributed by atoms with Crippen LogP contribution >= 0.6 is 0 Å². The van der Waals surface area contributed by atoms with Gasteiger partial charge in [-0.05, 0) is 80.6 Å². The molecule has 0 spiro atoms. The quantitative estimate of drug-likeness (QED) is 0.454. The summed E-state index contributed by atoms with van der Waals surface area (Å²) in [6, 6.07) is 0. The molecule has 162 valence electrons. The molecule has 4 rings (SSSR count). The number of ether oxygens (including phenoxy) is 2. The monoisotopic (exact) mass is 402 g/mol. The van der Waals surface area contributed by atoms with Crippen LogP contribution in [0.1, 0.15) is 91.9 Å². The van der Waals surface area contributed by atoms with E-state index < -0.39 is 0 Å². The fourth-order valence-electron chi connectivity index (χ4n) is 7.43. The molecular weight excluding hydrogens is 364 g/mol. The first-order chi connectivity index (χ1) is 13.8. The lowest BCUT2D eigenvalue weighted by Gasteiger charge is -2.58. The van der Waals surface area contributed by atoms with Gasteiger partial charge in [-0.25, -0.2) is 0 Å². The molecule has 4 heteroatoms. The summed E-state index contributed by atoms with van der Waals surface area (Å²) >= 11 is 0. The van der Waals surface area contributed by atoms with E-state index in [4.69, 9.17) is 9.47 Å². The highest BCUT2D eigenvalue weighted by molar-refractivity contribution is 5.69. The maximum Gasteiger partial charge on any atom is 0.306 e. The second kappa shape index (κ2) is 7.74. The minimum Gasteiger partial charge on any atom is -0.462 e. The summed E-state index contributed by atoms with van der Waals surface area (Å²) in [5, 5.41) is 0. The van der Waals surface area contributed by atoms with Gasteiger partial charge < -0.3 is 9.47 Å². The van der Waals surface area contributed by atoms with Gasteiger partial charge in [0, 0.05) is 18.3 Å². The van der Waals surface area contributed by atoms with Crippen LogP contribution < -0.4 is 0 Å². The number of hydrogen-bond donors (Lipinski definition) is 0. The van der Waals surface area contributed by atoms with Crippen molar-refractivity contribution in [2.75, 3.05) is 0 Å². The maximum absolute atomic E-state index is 12.0. The molecule has 0 amide bonds. The second-order valence-electron chi connectivity index (χ2n) is 10.4. The van der Waals surface area contributed by atoms with Gasteiger partial charge >= 0.3 is 11.9 Å². The Morgan fingerprint density at radius 3 is 2.38 bits per heavy atom. The summed E-state index contributed by atoms with van der Waals surface area (Å²) in [6.45, 7) is 8.61. The van der Waals surface area contributed by atoms with Crippen molar-refractivity contribution >= 4 is 11.9 Å². The van der Waals surface area contributed by atoms with Crippen molar-refractivity contribution in [1.82, 2.24) is 0 Å². The van der Waals surface area contributed by atoms with Crippen molar-refractivity contribution in [3.8, 4) is 0 Å². The molecule has 0 aromatic heterocycles. The lowest BCUT2D eigenvalue weighted by molar-refractivity contribution is -0.159. The summed E-state index contributed by atoms with van der Waals surface area (Å²) in [5.41, 5.74) is 1.93. The van der Waals surface area contributed by atoms with E-state index in [-0.39, 0.29) is 35.0 Å². The highest BCUT2D eigenvalue weighted by atomic mass is 16.5. The van der Waals surface area contributed by atoms with Gasteiger partial charge in [0.1, 0.15) is 12.2 Å². The Hall–Kier alpha value is -1.32. The van der Waals surface area contributed by atoms with Crippen LogP contribution in [0.15, 0.2) is 11.6 Å². The fourth-order valence-corrected chi connectivity index (χ4v) is 7.43. The van der Waals surface area contributed by atoms with Gasteiger partial charge in [-0.3, -0.25) is 9.59 Å². The van der Waals surface area contributed by atoms with Crippen LogP contribution in [-0.4, -0.2) is 24.1 Å². The molecule has 0 bridgehead atoms. The van der Waals surface area contributed by atoms with E-state index in [0.29, 0.717) is 24.7 Å². The number of hydrogen-bond acceptors (Lipinski definition) is 4. The summed E-state index contributed by atoms with van der Waals surface area (Å²) in [7, 11) is 0. The van der Waals surface area contributed by atoms with Crippen molar-refractivity contribution in [3.05, 3.63) is 11.6 Å². The Morgan fingerprint density at radius 1 is 0.931 bits per heavy atom. The van der Waals surface area contributed by atoms with Gasteiger partial charge in [0.15, 0.2) is 0 Å². The lowest BCUT2D eigenvalue weighted by Crippen LogP contribution is -2.52. The van der Waals surface area contributed by atoms with Crippen molar-refractivity contribution in [1.29, 1.82) is 0 Å². The molecule has 29 heavy (non-hydrogen) atoms.